The van der Waals surface area contributed by atoms with Crippen molar-refractivity contribution < 1.29 is 13.6 Å². The van der Waals surface area contributed by atoms with Crippen molar-refractivity contribution in [1.29, 1.82) is 0 Å². The summed E-state index contributed by atoms with van der Waals surface area (Å²) in [4.78, 5) is 14.3. The fourth-order valence-corrected chi connectivity index (χ4v) is 5.08. The maximum absolute atomic E-state index is 13.9. The molecule has 2 aromatic rings. The Kier molecular flexibility index (Phi) is 4.98. The van der Waals surface area contributed by atoms with Crippen molar-refractivity contribution in [3.05, 3.63) is 45.4 Å². The van der Waals surface area contributed by atoms with Crippen LogP contribution in [-0.2, 0) is 0 Å². The number of amides is 1. The highest BCUT2D eigenvalue weighted by Gasteiger charge is 2.30. The average Bonchev–Trinajstić information content (AvgIpc) is 3.33. The average molecular weight is 377 g/mol. The molecule has 4 rings (SSSR count). The molecule has 138 valence electrons. The van der Waals surface area contributed by atoms with E-state index in [1.54, 1.807) is 16.2 Å². The first-order valence-electron chi connectivity index (χ1n) is 9.19. The number of hydrogen-bond acceptors (Lipinski definition) is 4. The number of piperidine rings is 1. The zero-order chi connectivity index (χ0) is 18.1. The monoisotopic (exact) mass is 377 g/mol. The van der Waals surface area contributed by atoms with E-state index in [-0.39, 0.29) is 17.4 Å². The summed E-state index contributed by atoms with van der Waals surface area (Å²) in [5, 5.41) is 10.9. The van der Waals surface area contributed by atoms with Gasteiger partial charge in [-0.2, -0.15) is 0 Å². The molecule has 1 atom stereocenters. The van der Waals surface area contributed by atoms with E-state index >= 15 is 0 Å². The summed E-state index contributed by atoms with van der Waals surface area (Å²) in [6.45, 7) is 1.09. The van der Waals surface area contributed by atoms with Crippen LogP contribution in [0.5, 0.6) is 0 Å². The van der Waals surface area contributed by atoms with Gasteiger partial charge in [-0.15, -0.1) is 21.5 Å². The SMILES string of the molecule is O=C(c1ccc(F)cc1F)N1CCCC(c2nnc(C3CCCC3)s2)C1. The standard InChI is InChI=1S/C19H21F2N3OS/c20-14-7-8-15(16(21)10-14)19(25)24-9-3-6-13(11-24)18-23-22-17(26-18)12-4-1-2-5-12/h7-8,10,12-13H,1-6,9,11H2. The summed E-state index contributed by atoms with van der Waals surface area (Å²) in [7, 11) is 0. The highest BCUT2D eigenvalue weighted by Crippen LogP contribution is 2.38. The van der Waals surface area contributed by atoms with E-state index in [2.05, 4.69) is 10.2 Å². The molecular formula is C19H21F2N3OS. The van der Waals surface area contributed by atoms with Crippen molar-refractivity contribution in [2.75, 3.05) is 13.1 Å². The van der Waals surface area contributed by atoms with Crippen LogP contribution in [0.1, 0.15) is 70.7 Å². The zero-order valence-corrected chi connectivity index (χ0v) is 15.3. The van der Waals surface area contributed by atoms with Crippen LogP contribution < -0.4 is 0 Å². The van der Waals surface area contributed by atoms with Crippen LogP contribution in [0.2, 0.25) is 0 Å². The third kappa shape index (κ3) is 3.49. The van der Waals surface area contributed by atoms with E-state index in [0.29, 0.717) is 19.0 Å². The van der Waals surface area contributed by atoms with Gasteiger partial charge in [0.05, 0.1) is 5.56 Å². The third-order valence-electron chi connectivity index (χ3n) is 5.38. The Morgan fingerprint density at radius 1 is 1.04 bits per heavy atom. The van der Waals surface area contributed by atoms with Gasteiger partial charge < -0.3 is 4.90 Å². The van der Waals surface area contributed by atoms with Gasteiger partial charge in [0, 0.05) is 31.0 Å². The number of hydrogen-bond donors (Lipinski definition) is 0. The van der Waals surface area contributed by atoms with Crippen LogP contribution in [0.25, 0.3) is 0 Å². The summed E-state index contributed by atoms with van der Waals surface area (Å²) in [5.41, 5.74) is -0.0732. The van der Waals surface area contributed by atoms with Crippen molar-refractivity contribution in [1.82, 2.24) is 15.1 Å². The number of aromatic nitrogens is 2. The summed E-state index contributed by atoms with van der Waals surface area (Å²) in [6.07, 6.45) is 6.69. The smallest absolute Gasteiger partial charge is 0.256 e. The van der Waals surface area contributed by atoms with Gasteiger partial charge in [-0.1, -0.05) is 12.8 Å². The fraction of sp³-hybridized carbons (Fsp3) is 0.526. The molecular weight excluding hydrogens is 356 g/mol. The van der Waals surface area contributed by atoms with Crippen LogP contribution in [0, 0.1) is 11.6 Å². The molecule has 0 radical (unpaired) electrons. The van der Waals surface area contributed by atoms with Crippen LogP contribution in [0.4, 0.5) is 8.78 Å². The van der Waals surface area contributed by atoms with Gasteiger partial charge in [0.1, 0.15) is 21.6 Å². The molecule has 1 aromatic carbocycles. The lowest BCUT2D eigenvalue weighted by Crippen LogP contribution is -2.39. The quantitative estimate of drug-likeness (QED) is 0.791. The van der Waals surface area contributed by atoms with Crippen molar-refractivity contribution in [2.24, 2.45) is 0 Å². The van der Waals surface area contributed by atoms with Gasteiger partial charge >= 0.3 is 0 Å². The Bertz CT molecular complexity index is 804. The van der Waals surface area contributed by atoms with E-state index in [1.807, 2.05) is 0 Å². The Balaban J connectivity index is 1.48. The van der Waals surface area contributed by atoms with E-state index in [4.69, 9.17) is 0 Å². The number of rotatable bonds is 3. The second-order valence-corrected chi connectivity index (χ2v) is 8.22. The van der Waals surface area contributed by atoms with Crippen LogP contribution in [-0.4, -0.2) is 34.1 Å². The minimum absolute atomic E-state index is 0.0732. The lowest BCUT2D eigenvalue weighted by atomic mass is 9.98. The molecule has 2 aliphatic rings. The van der Waals surface area contributed by atoms with E-state index < -0.39 is 11.6 Å². The molecule has 1 aromatic heterocycles. The fourth-order valence-electron chi connectivity index (χ4n) is 3.95. The van der Waals surface area contributed by atoms with Gasteiger partial charge in [0.15, 0.2) is 0 Å². The molecule has 1 aliphatic heterocycles. The molecule has 4 nitrogen and oxygen atoms in total. The van der Waals surface area contributed by atoms with Gasteiger partial charge in [-0.3, -0.25) is 4.79 Å². The zero-order valence-electron chi connectivity index (χ0n) is 14.5. The molecule has 0 bridgehead atoms. The predicted octanol–water partition coefficient (Wildman–Crippen LogP) is 4.49. The molecule has 1 saturated heterocycles. The van der Waals surface area contributed by atoms with Gasteiger partial charge in [0.2, 0.25) is 0 Å². The summed E-state index contributed by atoms with van der Waals surface area (Å²) < 4.78 is 27.0. The Morgan fingerprint density at radius 2 is 1.73 bits per heavy atom. The maximum Gasteiger partial charge on any atom is 0.256 e. The summed E-state index contributed by atoms with van der Waals surface area (Å²) >= 11 is 1.67. The molecule has 1 unspecified atom stereocenters. The lowest BCUT2D eigenvalue weighted by molar-refractivity contribution is 0.0702. The number of likely N-dealkylation sites (tertiary alicyclic amines) is 1. The molecule has 2 fully saturated rings. The predicted molar refractivity (Wildman–Crippen MR) is 95.4 cm³/mol. The Hall–Kier alpha value is -1.89. The maximum atomic E-state index is 13.9. The van der Waals surface area contributed by atoms with Crippen LogP contribution in [0.15, 0.2) is 18.2 Å². The van der Waals surface area contributed by atoms with E-state index in [0.717, 1.165) is 35.0 Å². The second kappa shape index (κ2) is 7.39. The number of benzene rings is 1. The largest absolute Gasteiger partial charge is 0.338 e. The first-order valence-corrected chi connectivity index (χ1v) is 10.0. The molecule has 1 amide bonds. The van der Waals surface area contributed by atoms with Crippen molar-refractivity contribution in [2.45, 2.75) is 50.4 Å². The minimum atomic E-state index is -0.809. The molecule has 1 aliphatic carbocycles. The topological polar surface area (TPSA) is 46.1 Å². The molecule has 26 heavy (non-hydrogen) atoms. The van der Waals surface area contributed by atoms with Crippen molar-refractivity contribution >= 4 is 17.2 Å². The van der Waals surface area contributed by atoms with Gasteiger partial charge in [-0.25, -0.2) is 8.78 Å². The van der Waals surface area contributed by atoms with E-state index in [1.165, 1.54) is 31.7 Å². The Labute approximate surface area is 155 Å². The minimum Gasteiger partial charge on any atom is -0.338 e. The first-order chi connectivity index (χ1) is 12.6. The highest BCUT2D eigenvalue weighted by atomic mass is 32.1. The summed E-state index contributed by atoms with van der Waals surface area (Å²) in [5.74, 6) is -1.19. The highest BCUT2D eigenvalue weighted by molar-refractivity contribution is 7.11. The molecule has 2 heterocycles. The lowest BCUT2D eigenvalue weighted by Gasteiger charge is -2.31. The number of nitrogens with zero attached hydrogens (tertiary/aromatic N) is 3. The van der Waals surface area contributed by atoms with E-state index in [9.17, 15) is 13.6 Å². The second-order valence-electron chi connectivity index (χ2n) is 7.17. The van der Waals surface area contributed by atoms with Gasteiger partial charge in [-0.05, 0) is 37.8 Å². The molecule has 7 heteroatoms. The number of carbonyl (C=O) groups is 1. The van der Waals surface area contributed by atoms with Crippen molar-refractivity contribution in [3.8, 4) is 0 Å². The third-order valence-corrected chi connectivity index (χ3v) is 6.63. The number of halogens is 2. The van der Waals surface area contributed by atoms with Crippen molar-refractivity contribution in [3.63, 3.8) is 0 Å². The number of carbonyl (C=O) groups excluding carboxylic acids is 1. The summed E-state index contributed by atoms with van der Waals surface area (Å²) in [6, 6.07) is 3.10. The first kappa shape index (κ1) is 17.5. The normalized spacial score (nSPS) is 21.3. The van der Waals surface area contributed by atoms with Crippen LogP contribution in [0.3, 0.4) is 0 Å². The molecule has 0 N–H and O–H groups in total. The Morgan fingerprint density at radius 3 is 2.46 bits per heavy atom. The van der Waals surface area contributed by atoms with Crippen LogP contribution >= 0.6 is 11.3 Å². The molecule has 1 saturated carbocycles. The molecule has 0 spiro atoms. The van der Waals surface area contributed by atoms with Gasteiger partial charge in [0.25, 0.3) is 5.91 Å².